The second-order valence-electron chi connectivity index (χ2n) is 5.19. The predicted octanol–water partition coefficient (Wildman–Crippen LogP) is 2.09. The summed E-state index contributed by atoms with van der Waals surface area (Å²) >= 11 is 1.46. The van der Waals surface area contributed by atoms with E-state index in [9.17, 15) is 4.79 Å². The van der Waals surface area contributed by atoms with Crippen LogP contribution in [0.4, 0.5) is 0 Å². The summed E-state index contributed by atoms with van der Waals surface area (Å²) < 4.78 is 5.40. The molecule has 2 fully saturated rings. The van der Waals surface area contributed by atoms with Crippen LogP contribution in [0.3, 0.4) is 0 Å². The summed E-state index contributed by atoms with van der Waals surface area (Å²) in [5.74, 6) is 0.687. The van der Waals surface area contributed by atoms with Gasteiger partial charge >= 0.3 is 0 Å². The highest BCUT2D eigenvalue weighted by molar-refractivity contribution is 7.11. The molecule has 98 valence electrons. The Labute approximate surface area is 111 Å². The molecule has 3 rings (SSSR count). The topological polar surface area (TPSA) is 42.4 Å². The zero-order valence-corrected chi connectivity index (χ0v) is 11.4. The first-order valence-corrected chi connectivity index (χ1v) is 7.42. The lowest BCUT2D eigenvalue weighted by molar-refractivity contribution is 0.0710. The van der Waals surface area contributed by atoms with Crippen molar-refractivity contribution >= 4 is 17.2 Å². The van der Waals surface area contributed by atoms with Crippen LogP contribution in [-0.2, 0) is 4.74 Å². The number of thiazole rings is 1. The number of rotatable bonds is 4. The third kappa shape index (κ3) is 2.42. The summed E-state index contributed by atoms with van der Waals surface area (Å²) in [4.78, 5) is 19.6. The van der Waals surface area contributed by atoms with Crippen LogP contribution in [0.1, 0.15) is 34.6 Å². The van der Waals surface area contributed by atoms with Gasteiger partial charge in [0.05, 0.1) is 17.8 Å². The number of carbonyl (C=O) groups is 1. The monoisotopic (exact) mass is 266 g/mol. The number of aromatic nitrogens is 1. The molecule has 4 nitrogen and oxygen atoms in total. The van der Waals surface area contributed by atoms with Gasteiger partial charge < -0.3 is 9.64 Å². The number of hydrogen-bond donors (Lipinski definition) is 0. The lowest BCUT2D eigenvalue weighted by Gasteiger charge is -2.24. The summed E-state index contributed by atoms with van der Waals surface area (Å²) in [6, 6.07) is 0.458. The third-order valence-corrected chi connectivity index (χ3v) is 4.58. The number of amides is 1. The van der Waals surface area contributed by atoms with Gasteiger partial charge in [0.1, 0.15) is 4.88 Å². The first-order valence-electron chi connectivity index (χ1n) is 6.54. The fourth-order valence-electron chi connectivity index (χ4n) is 2.43. The second kappa shape index (κ2) is 4.97. The maximum Gasteiger partial charge on any atom is 0.266 e. The molecule has 2 aliphatic rings. The molecule has 0 spiro atoms. The Morgan fingerprint density at radius 2 is 2.39 bits per heavy atom. The Hall–Kier alpha value is -0.940. The van der Waals surface area contributed by atoms with Gasteiger partial charge in [0, 0.05) is 25.1 Å². The first-order chi connectivity index (χ1) is 8.75. The van der Waals surface area contributed by atoms with Gasteiger partial charge in [-0.25, -0.2) is 4.98 Å². The van der Waals surface area contributed by atoms with E-state index in [2.05, 4.69) is 9.88 Å². The molecule has 1 atom stereocenters. The molecule has 1 aromatic rings. The van der Waals surface area contributed by atoms with Crippen LogP contribution < -0.4 is 0 Å². The molecule has 5 heteroatoms. The fraction of sp³-hybridized carbons (Fsp3) is 0.692. The lowest BCUT2D eigenvalue weighted by atomic mass is 10.1. The molecule has 1 saturated heterocycles. The maximum absolute atomic E-state index is 12.6. The summed E-state index contributed by atoms with van der Waals surface area (Å²) in [6.07, 6.45) is 3.38. The van der Waals surface area contributed by atoms with E-state index in [1.54, 1.807) is 5.51 Å². The normalized spacial score (nSPS) is 23.3. The molecule has 0 N–H and O–H groups in total. The molecule has 0 aromatic carbocycles. The Kier molecular flexibility index (Phi) is 3.35. The molecular weight excluding hydrogens is 248 g/mol. The van der Waals surface area contributed by atoms with Gasteiger partial charge in [0.25, 0.3) is 5.91 Å². The van der Waals surface area contributed by atoms with Gasteiger partial charge in [-0.3, -0.25) is 4.79 Å². The quantitative estimate of drug-likeness (QED) is 0.838. The zero-order valence-electron chi connectivity index (χ0n) is 10.6. The van der Waals surface area contributed by atoms with Gasteiger partial charge in [0.15, 0.2) is 0 Å². The SMILES string of the molecule is Cc1ncsc1C(=O)N(C[C@@H]1CCOC1)C1CC1. The number of carbonyl (C=O) groups excluding carboxylic acids is 1. The largest absolute Gasteiger partial charge is 0.381 e. The molecular formula is C13H18N2O2S. The Balaban J connectivity index is 1.73. The number of aryl methyl sites for hydroxylation is 1. The second-order valence-corrected chi connectivity index (χ2v) is 6.04. The highest BCUT2D eigenvalue weighted by atomic mass is 32.1. The standard InChI is InChI=1S/C13H18N2O2S/c1-9-12(18-8-14-9)13(16)15(11-2-3-11)6-10-4-5-17-7-10/h8,10-11H,2-7H2,1H3/t10-/m0/s1. The van der Waals surface area contributed by atoms with Gasteiger partial charge in [0.2, 0.25) is 0 Å². The minimum absolute atomic E-state index is 0.171. The van der Waals surface area contributed by atoms with Crippen LogP contribution in [0.5, 0.6) is 0 Å². The van der Waals surface area contributed by atoms with Crippen molar-refractivity contribution in [2.75, 3.05) is 19.8 Å². The molecule has 0 unspecified atom stereocenters. The minimum atomic E-state index is 0.171. The minimum Gasteiger partial charge on any atom is -0.381 e. The number of nitrogens with zero attached hydrogens (tertiary/aromatic N) is 2. The molecule has 2 heterocycles. The van der Waals surface area contributed by atoms with Crippen molar-refractivity contribution in [2.24, 2.45) is 5.92 Å². The van der Waals surface area contributed by atoms with E-state index >= 15 is 0 Å². The zero-order chi connectivity index (χ0) is 12.5. The van der Waals surface area contributed by atoms with E-state index in [-0.39, 0.29) is 5.91 Å². The smallest absolute Gasteiger partial charge is 0.266 e. The molecule has 1 aliphatic carbocycles. The number of ether oxygens (including phenoxy) is 1. The van der Waals surface area contributed by atoms with E-state index in [1.807, 2.05) is 6.92 Å². The molecule has 1 saturated carbocycles. The van der Waals surface area contributed by atoms with E-state index in [0.717, 1.165) is 49.6 Å². The highest BCUT2D eigenvalue weighted by Gasteiger charge is 2.36. The third-order valence-electron chi connectivity index (χ3n) is 3.67. The Morgan fingerprint density at radius 1 is 1.56 bits per heavy atom. The van der Waals surface area contributed by atoms with Crippen molar-refractivity contribution in [2.45, 2.75) is 32.2 Å². The van der Waals surface area contributed by atoms with Crippen LogP contribution in [0.25, 0.3) is 0 Å². The summed E-state index contributed by atoms with van der Waals surface area (Å²) in [7, 11) is 0. The predicted molar refractivity (Wildman–Crippen MR) is 69.8 cm³/mol. The fourth-order valence-corrected chi connectivity index (χ4v) is 3.18. The Bertz CT molecular complexity index is 436. The van der Waals surface area contributed by atoms with E-state index in [0.29, 0.717) is 12.0 Å². The number of hydrogen-bond acceptors (Lipinski definition) is 4. The average Bonchev–Trinajstić information content (AvgIpc) is 2.89. The van der Waals surface area contributed by atoms with Gasteiger partial charge in [-0.15, -0.1) is 11.3 Å². The van der Waals surface area contributed by atoms with Crippen molar-refractivity contribution in [3.05, 3.63) is 16.1 Å². The van der Waals surface area contributed by atoms with Crippen molar-refractivity contribution < 1.29 is 9.53 Å². The van der Waals surface area contributed by atoms with Crippen LogP contribution in [0.15, 0.2) is 5.51 Å². The van der Waals surface area contributed by atoms with Gasteiger partial charge in [-0.05, 0) is 26.2 Å². The molecule has 1 aromatic heterocycles. The summed E-state index contributed by atoms with van der Waals surface area (Å²) in [5, 5.41) is 0. The van der Waals surface area contributed by atoms with E-state index < -0.39 is 0 Å². The van der Waals surface area contributed by atoms with E-state index in [4.69, 9.17) is 4.74 Å². The molecule has 0 bridgehead atoms. The van der Waals surface area contributed by atoms with Crippen molar-refractivity contribution in [1.29, 1.82) is 0 Å². The van der Waals surface area contributed by atoms with Crippen LogP contribution in [-0.4, -0.2) is 41.6 Å². The van der Waals surface area contributed by atoms with Crippen LogP contribution in [0, 0.1) is 12.8 Å². The van der Waals surface area contributed by atoms with Crippen LogP contribution >= 0.6 is 11.3 Å². The van der Waals surface area contributed by atoms with Crippen molar-refractivity contribution in [1.82, 2.24) is 9.88 Å². The van der Waals surface area contributed by atoms with Crippen molar-refractivity contribution in [3.63, 3.8) is 0 Å². The lowest BCUT2D eigenvalue weighted by Crippen LogP contribution is -2.37. The van der Waals surface area contributed by atoms with Gasteiger partial charge in [-0.2, -0.15) is 0 Å². The summed E-state index contributed by atoms with van der Waals surface area (Å²) in [5.41, 5.74) is 2.62. The van der Waals surface area contributed by atoms with Crippen LogP contribution in [0.2, 0.25) is 0 Å². The average molecular weight is 266 g/mol. The van der Waals surface area contributed by atoms with Gasteiger partial charge in [-0.1, -0.05) is 0 Å². The molecule has 0 radical (unpaired) electrons. The van der Waals surface area contributed by atoms with E-state index in [1.165, 1.54) is 11.3 Å². The highest BCUT2D eigenvalue weighted by Crippen LogP contribution is 2.31. The molecule has 1 aliphatic heterocycles. The Morgan fingerprint density at radius 3 is 2.94 bits per heavy atom. The van der Waals surface area contributed by atoms with Crippen molar-refractivity contribution in [3.8, 4) is 0 Å². The molecule has 18 heavy (non-hydrogen) atoms. The summed E-state index contributed by atoms with van der Waals surface area (Å²) in [6.45, 7) is 4.41. The first kappa shape index (κ1) is 12.1. The molecule has 1 amide bonds. The maximum atomic E-state index is 12.6.